The van der Waals surface area contributed by atoms with Crippen molar-refractivity contribution in [1.29, 1.82) is 0 Å². The average Bonchev–Trinajstić information content (AvgIpc) is 3.94. The number of benzene rings is 7. The minimum atomic E-state index is 0.697. The van der Waals surface area contributed by atoms with Crippen LogP contribution < -0.4 is 0 Å². The molecule has 4 heterocycles. The molecule has 0 aliphatic carbocycles. The van der Waals surface area contributed by atoms with E-state index < -0.39 is 0 Å². The van der Waals surface area contributed by atoms with Gasteiger partial charge in [-0.3, -0.25) is 0 Å². The zero-order valence-corrected chi connectivity index (χ0v) is 30.6. The highest BCUT2D eigenvalue weighted by Crippen LogP contribution is 2.40. The summed E-state index contributed by atoms with van der Waals surface area (Å²) in [5.41, 5.74) is 9.26. The number of rotatable bonds is 5. The van der Waals surface area contributed by atoms with E-state index in [2.05, 4.69) is 158 Å². The maximum Gasteiger partial charge on any atom is 0.160 e. The van der Waals surface area contributed by atoms with Crippen LogP contribution in [0.3, 0.4) is 0 Å². The molecule has 4 aromatic heterocycles. The molecule has 248 valence electrons. The Balaban J connectivity index is 1.07. The van der Waals surface area contributed by atoms with Crippen molar-refractivity contribution in [3.63, 3.8) is 0 Å². The summed E-state index contributed by atoms with van der Waals surface area (Å²) in [6.07, 6.45) is 0. The molecule has 0 aliphatic rings. The highest BCUT2D eigenvalue weighted by molar-refractivity contribution is 7.26. The first-order valence-corrected chi connectivity index (χ1v) is 20.0. The van der Waals surface area contributed by atoms with Crippen molar-refractivity contribution >= 4 is 84.6 Å². The van der Waals surface area contributed by atoms with Gasteiger partial charge in [0.05, 0.1) is 21.6 Å². The second kappa shape index (κ2) is 12.3. The maximum absolute atomic E-state index is 5.28. The predicted molar refractivity (Wildman–Crippen MR) is 228 cm³/mol. The van der Waals surface area contributed by atoms with E-state index in [4.69, 9.17) is 15.0 Å². The molecule has 0 bridgehead atoms. The van der Waals surface area contributed by atoms with Crippen LogP contribution in [0.15, 0.2) is 164 Å². The van der Waals surface area contributed by atoms with E-state index in [1.807, 2.05) is 28.7 Å². The lowest BCUT2D eigenvalue weighted by atomic mass is 10.0. The summed E-state index contributed by atoms with van der Waals surface area (Å²) in [6.45, 7) is 0. The third kappa shape index (κ3) is 5.26. The van der Waals surface area contributed by atoms with Crippen LogP contribution in [-0.4, -0.2) is 15.0 Å². The molecule has 11 rings (SSSR count). The normalized spacial score (nSPS) is 11.8. The van der Waals surface area contributed by atoms with Crippen LogP contribution in [0.25, 0.3) is 106 Å². The molecule has 0 amide bonds. The van der Waals surface area contributed by atoms with Gasteiger partial charge in [-0.1, -0.05) is 121 Å². The number of aromatic nitrogens is 3. The highest BCUT2D eigenvalue weighted by Gasteiger charge is 2.16. The lowest BCUT2D eigenvalue weighted by Gasteiger charge is -2.11. The molecule has 0 saturated heterocycles. The Kier molecular flexibility index (Phi) is 7.08. The van der Waals surface area contributed by atoms with Crippen molar-refractivity contribution in [2.45, 2.75) is 0 Å². The fraction of sp³-hybridized carbons (Fsp3) is 0. The lowest BCUT2D eigenvalue weighted by Crippen LogP contribution is -1.96. The van der Waals surface area contributed by atoms with Crippen molar-refractivity contribution in [3.05, 3.63) is 164 Å². The number of fused-ring (bicyclic) bond motifs is 7. The van der Waals surface area contributed by atoms with Gasteiger partial charge in [0, 0.05) is 68.2 Å². The SMILES string of the molecule is c1ccc(-c2nc3c(-c4cccc(-c5nc(-c6ccc7c(c6)sc6ccccc67)cc(-c6ccc7c(c6)sc6ccccc67)n5)c4)cccc3s2)cc1. The number of thiophene rings is 2. The van der Waals surface area contributed by atoms with Crippen LogP contribution in [0.5, 0.6) is 0 Å². The summed E-state index contributed by atoms with van der Waals surface area (Å²) in [5, 5.41) is 6.16. The molecule has 0 atom stereocenters. The quantitative estimate of drug-likeness (QED) is 0.177. The number of para-hydroxylation sites is 1. The molecule has 0 fully saturated rings. The third-order valence-corrected chi connectivity index (χ3v) is 13.3. The van der Waals surface area contributed by atoms with Crippen molar-refractivity contribution in [2.24, 2.45) is 0 Å². The van der Waals surface area contributed by atoms with Gasteiger partial charge in [-0.25, -0.2) is 15.0 Å². The molecule has 0 unspecified atom stereocenters. The molecule has 11 aromatic rings. The lowest BCUT2D eigenvalue weighted by molar-refractivity contribution is 1.18. The summed E-state index contributed by atoms with van der Waals surface area (Å²) < 4.78 is 6.27. The zero-order valence-electron chi connectivity index (χ0n) is 28.2. The number of thiazole rings is 1. The number of hydrogen-bond acceptors (Lipinski definition) is 6. The molecule has 7 aromatic carbocycles. The van der Waals surface area contributed by atoms with Gasteiger partial charge in [0.2, 0.25) is 0 Å². The summed E-state index contributed by atoms with van der Waals surface area (Å²) in [4.78, 5) is 15.7. The van der Waals surface area contributed by atoms with E-state index in [0.29, 0.717) is 5.82 Å². The van der Waals surface area contributed by atoms with E-state index in [-0.39, 0.29) is 0 Å². The minimum Gasteiger partial charge on any atom is -0.235 e. The largest absolute Gasteiger partial charge is 0.235 e. The van der Waals surface area contributed by atoms with Crippen LogP contribution in [0, 0.1) is 0 Å². The molecular formula is C47H27N3S3. The zero-order chi connectivity index (χ0) is 34.9. The van der Waals surface area contributed by atoms with Crippen molar-refractivity contribution in [2.75, 3.05) is 0 Å². The molecular weight excluding hydrogens is 703 g/mol. The first-order chi connectivity index (χ1) is 26.2. The van der Waals surface area contributed by atoms with Gasteiger partial charge < -0.3 is 0 Å². The van der Waals surface area contributed by atoms with Crippen molar-refractivity contribution in [1.82, 2.24) is 15.0 Å². The summed E-state index contributed by atoms with van der Waals surface area (Å²) in [6, 6.07) is 58.4. The Bertz CT molecular complexity index is 3060. The fourth-order valence-corrected chi connectivity index (χ4v) is 10.6. The molecule has 53 heavy (non-hydrogen) atoms. The first-order valence-electron chi connectivity index (χ1n) is 17.5. The van der Waals surface area contributed by atoms with E-state index in [1.54, 1.807) is 11.3 Å². The molecule has 0 radical (unpaired) electrons. The van der Waals surface area contributed by atoms with E-state index in [9.17, 15) is 0 Å². The molecule has 6 heteroatoms. The maximum atomic E-state index is 5.28. The standard InChI is InChI=1S/C47H27N3S3/c1-2-10-28(11-3-1)47-50-45-33(16-9-19-42(45)53-47)29-12-8-13-32(24-29)46-48-38(30-20-22-36-34-14-4-6-17-40(34)51-43(36)25-30)27-39(49-46)31-21-23-37-35-15-5-7-18-41(35)52-44(37)26-31/h1-27H. The average molecular weight is 730 g/mol. The van der Waals surface area contributed by atoms with Gasteiger partial charge in [-0.15, -0.1) is 34.0 Å². The smallest absolute Gasteiger partial charge is 0.160 e. The van der Waals surface area contributed by atoms with E-state index in [1.165, 1.54) is 45.0 Å². The number of nitrogens with zero attached hydrogens (tertiary/aromatic N) is 3. The third-order valence-electron chi connectivity index (χ3n) is 9.95. The first kappa shape index (κ1) is 30.6. The second-order valence-corrected chi connectivity index (χ2v) is 16.4. The Morgan fingerprint density at radius 3 is 1.55 bits per heavy atom. The van der Waals surface area contributed by atoms with Crippen molar-refractivity contribution in [3.8, 4) is 55.6 Å². The van der Waals surface area contributed by atoms with Gasteiger partial charge in [-0.05, 0) is 48.0 Å². The van der Waals surface area contributed by atoms with Gasteiger partial charge in [0.1, 0.15) is 5.01 Å². The van der Waals surface area contributed by atoms with Gasteiger partial charge >= 0.3 is 0 Å². The van der Waals surface area contributed by atoms with Gasteiger partial charge in [0.15, 0.2) is 5.82 Å². The Hall–Kier alpha value is -6.05. The van der Waals surface area contributed by atoms with Crippen LogP contribution in [-0.2, 0) is 0 Å². The van der Waals surface area contributed by atoms with Crippen LogP contribution in [0.2, 0.25) is 0 Å². The summed E-state index contributed by atoms with van der Waals surface area (Å²) in [7, 11) is 0. The monoisotopic (exact) mass is 729 g/mol. The van der Waals surface area contributed by atoms with E-state index in [0.717, 1.165) is 55.3 Å². The molecule has 0 spiro atoms. The van der Waals surface area contributed by atoms with Gasteiger partial charge in [0.25, 0.3) is 0 Å². The molecule has 0 N–H and O–H groups in total. The van der Waals surface area contributed by atoms with Crippen LogP contribution in [0.4, 0.5) is 0 Å². The molecule has 0 aliphatic heterocycles. The van der Waals surface area contributed by atoms with Crippen LogP contribution in [0.1, 0.15) is 0 Å². The predicted octanol–water partition coefficient (Wildman–Crippen LogP) is 14.2. The van der Waals surface area contributed by atoms with Crippen LogP contribution >= 0.6 is 34.0 Å². The van der Waals surface area contributed by atoms with E-state index >= 15 is 0 Å². The fourth-order valence-electron chi connectivity index (χ4n) is 7.35. The Labute approximate surface area is 317 Å². The summed E-state index contributed by atoms with van der Waals surface area (Å²) >= 11 is 5.39. The Morgan fingerprint density at radius 1 is 0.321 bits per heavy atom. The second-order valence-electron chi connectivity index (χ2n) is 13.2. The topological polar surface area (TPSA) is 38.7 Å². The Morgan fingerprint density at radius 2 is 0.868 bits per heavy atom. The molecule has 3 nitrogen and oxygen atoms in total. The van der Waals surface area contributed by atoms with Gasteiger partial charge in [-0.2, -0.15) is 0 Å². The summed E-state index contributed by atoms with van der Waals surface area (Å²) in [5.74, 6) is 0.697. The number of hydrogen-bond donors (Lipinski definition) is 0. The molecule has 0 saturated carbocycles. The minimum absolute atomic E-state index is 0.697. The highest BCUT2D eigenvalue weighted by atomic mass is 32.1. The van der Waals surface area contributed by atoms with Crippen molar-refractivity contribution < 1.29 is 0 Å².